The number of nitrogens with zero attached hydrogens (tertiary/aromatic N) is 1. The molecule has 2 heterocycles. The summed E-state index contributed by atoms with van der Waals surface area (Å²) in [5, 5.41) is 3.95. The molecule has 1 aromatic carbocycles. The highest BCUT2D eigenvalue weighted by molar-refractivity contribution is 6.32. The van der Waals surface area contributed by atoms with Crippen LogP contribution in [0.3, 0.4) is 0 Å². The second-order valence-electron chi connectivity index (χ2n) is 6.02. The number of methoxy groups -OCH3 is 1. The van der Waals surface area contributed by atoms with Crippen molar-refractivity contribution in [1.29, 1.82) is 0 Å². The fraction of sp³-hybridized carbons (Fsp3) is 0.421. The van der Waals surface area contributed by atoms with Crippen molar-refractivity contribution in [3.05, 3.63) is 52.8 Å². The highest BCUT2D eigenvalue weighted by Crippen LogP contribution is 2.37. The molecule has 1 saturated heterocycles. The van der Waals surface area contributed by atoms with Gasteiger partial charge < -0.3 is 19.5 Å². The van der Waals surface area contributed by atoms with Crippen molar-refractivity contribution in [3.63, 3.8) is 0 Å². The lowest BCUT2D eigenvalue weighted by atomic mass is 10.2. The van der Waals surface area contributed by atoms with E-state index in [1.165, 1.54) is 0 Å². The van der Waals surface area contributed by atoms with Gasteiger partial charge in [0.1, 0.15) is 6.61 Å². The van der Waals surface area contributed by atoms with E-state index in [-0.39, 0.29) is 0 Å². The molecule has 25 heavy (non-hydrogen) atoms. The average Bonchev–Trinajstić information content (AvgIpc) is 3.15. The minimum absolute atomic E-state index is 0.319. The van der Waals surface area contributed by atoms with Crippen LogP contribution in [0.5, 0.6) is 11.5 Å². The predicted octanol–water partition coefficient (Wildman–Crippen LogP) is 3.59. The Morgan fingerprint density at radius 1 is 1.36 bits per heavy atom. The highest BCUT2D eigenvalue weighted by Gasteiger charge is 2.16. The van der Waals surface area contributed by atoms with Crippen molar-refractivity contribution in [2.75, 3.05) is 20.3 Å². The summed E-state index contributed by atoms with van der Waals surface area (Å²) in [6.45, 7) is 2.81. The van der Waals surface area contributed by atoms with Gasteiger partial charge in [0.2, 0.25) is 0 Å². The Labute approximate surface area is 153 Å². The van der Waals surface area contributed by atoms with Crippen LogP contribution in [-0.2, 0) is 17.9 Å². The molecule has 0 saturated carbocycles. The van der Waals surface area contributed by atoms with E-state index in [1.807, 2.05) is 24.3 Å². The standard InChI is InChI=1S/C19H23ClN2O3/c1-23-18-9-15(11-22-12-16-5-3-7-24-16)8-17(20)19(18)25-13-14-4-2-6-21-10-14/h2,4,6,8-10,16,22H,3,5,7,11-13H2,1H3. The number of hydrogen-bond acceptors (Lipinski definition) is 5. The van der Waals surface area contributed by atoms with E-state index in [1.54, 1.807) is 19.5 Å². The summed E-state index contributed by atoms with van der Waals surface area (Å²) in [5.74, 6) is 1.18. The molecule has 0 amide bonds. The number of ether oxygens (including phenoxy) is 3. The van der Waals surface area contributed by atoms with E-state index in [0.717, 1.165) is 37.1 Å². The summed E-state index contributed by atoms with van der Waals surface area (Å²) < 4.78 is 16.9. The summed E-state index contributed by atoms with van der Waals surface area (Å²) in [5.41, 5.74) is 2.02. The number of hydrogen-bond donors (Lipinski definition) is 1. The van der Waals surface area contributed by atoms with Gasteiger partial charge in [0, 0.05) is 37.7 Å². The lowest BCUT2D eigenvalue weighted by molar-refractivity contribution is 0.110. The Bertz CT molecular complexity index is 676. The zero-order valence-corrected chi connectivity index (χ0v) is 15.1. The van der Waals surface area contributed by atoms with Crippen LogP contribution in [0.25, 0.3) is 0 Å². The average molecular weight is 363 g/mol. The molecule has 1 aromatic heterocycles. The van der Waals surface area contributed by atoms with E-state index in [9.17, 15) is 0 Å². The third-order valence-electron chi connectivity index (χ3n) is 4.12. The number of rotatable bonds is 8. The van der Waals surface area contributed by atoms with Crippen LogP contribution in [-0.4, -0.2) is 31.3 Å². The van der Waals surface area contributed by atoms with Gasteiger partial charge >= 0.3 is 0 Å². The van der Waals surface area contributed by atoms with Gasteiger partial charge in [-0.3, -0.25) is 4.98 Å². The second-order valence-corrected chi connectivity index (χ2v) is 6.43. The zero-order valence-electron chi connectivity index (χ0n) is 14.3. The molecule has 6 heteroatoms. The molecule has 0 bridgehead atoms. The molecule has 1 N–H and O–H groups in total. The molecular weight excluding hydrogens is 340 g/mol. The fourth-order valence-corrected chi connectivity index (χ4v) is 3.13. The maximum Gasteiger partial charge on any atom is 0.180 e. The molecule has 1 atom stereocenters. The monoisotopic (exact) mass is 362 g/mol. The van der Waals surface area contributed by atoms with Gasteiger partial charge in [0.25, 0.3) is 0 Å². The largest absolute Gasteiger partial charge is 0.493 e. The summed E-state index contributed by atoms with van der Waals surface area (Å²) in [6.07, 6.45) is 6.09. The summed E-state index contributed by atoms with van der Waals surface area (Å²) in [4.78, 5) is 4.08. The quantitative estimate of drug-likeness (QED) is 0.777. The SMILES string of the molecule is COc1cc(CNCC2CCCO2)cc(Cl)c1OCc1cccnc1. The van der Waals surface area contributed by atoms with Gasteiger partial charge in [-0.1, -0.05) is 17.7 Å². The van der Waals surface area contributed by atoms with Crippen LogP contribution in [0, 0.1) is 0 Å². The van der Waals surface area contributed by atoms with Gasteiger partial charge in [-0.15, -0.1) is 0 Å². The number of benzene rings is 1. The molecule has 0 spiro atoms. The van der Waals surface area contributed by atoms with Crippen LogP contribution in [0.1, 0.15) is 24.0 Å². The van der Waals surface area contributed by atoms with Crippen LogP contribution in [0.2, 0.25) is 5.02 Å². The highest BCUT2D eigenvalue weighted by atomic mass is 35.5. The number of aromatic nitrogens is 1. The van der Waals surface area contributed by atoms with Gasteiger partial charge in [0.05, 0.1) is 18.2 Å². The van der Waals surface area contributed by atoms with Crippen LogP contribution in [0.15, 0.2) is 36.7 Å². The summed E-state index contributed by atoms with van der Waals surface area (Å²) >= 11 is 6.41. The van der Waals surface area contributed by atoms with Gasteiger partial charge in [-0.05, 0) is 36.6 Å². The van der Waals surface area contributed by atoms with E-state index in [4.69, 9.17) is 25.8 Å². The Balaban J connectivity index is 1.61. The molecule has 5 nitrogen and oxygen atoms in total. The molecular formula is C19H23ClN2O3. The first-order chi connectivity index (χ1) is 12.3. The Morgan fingerprint density at radius 2 is 2.28 bits per heavy atom. The topological polar surface area (TPSA) is 52.6 Å². The normalized spacial score (nSPS) is 16.8. The Kier molecular flexibility index (Phi) is 6.50. The minimum atomic E-state index is 0.319. The van der Waals surface area contributed by atoms with Crippen molar-refractivity contribution >= 4 is 11.6 Å². The lowest BCUT2D eigenvalue weighted by Crippen LogP contribution is -2.25. The number of nitrogens with one attached hydrogen (secondary N) is 1. The van der Waals surface area contributed by atoms with Gasteiger partial charge in [0.15, 0.2) is 11.5 Å². The first-order valence-corrected chi connectivity index (χ1v) is 8.84. The van der Waals surface area contributed by atoms with Crippen LogP contribution < -0.4 is 14.8 Å². The molecule has 1 unspecified atom stereocenters. The number of halogens is 1. The van der Waals surface area contributed by atoms with E-state index >= 15 is 0 Å². The zero-order chi connectivity index (χ0) is 17.5. The molecule has 3 rings (SSSR count). The Hall–Kier alpha value is -1.82. The molecule has 1 fully saturated rings. The van der Waals surface area contributed by atoms with Gasteiger partial charge in [-0.2, -0.15) is 0 Å². The molecule has 1 aliphatic heterocycles. The lowest BCUT2D eigenvalue weighted by Gasteiger charge is -2.15. The maximum absolute atomic E-state index is 6.41. The predicted molar refractivity (Wildman–Crippen MR) is 97.3 cm³/mol. The molecule has 134 valence electrons. The van der Waals surface area contributed by atoms with Crippen molar-refractivity contribution in [1.82, 2.24) is 10.3 Å². The Morgan fingerprint density at radius 3 is 3.00 bits per heavy atom. The maximum atomic E-state index is 6.41. The molecule has 0 radical (unpaired) electrons. The van der Waals surface area contributed by atoms with E-state index in [0.29, 0.717) is 35.8 Å². The van der Waals surface area contributed by atoms with Crippen molar-refractivity contribution in [2.45, 2.75) is 32.1 Å². The third-order valence-corrected chi connectivity index (χ3v) is 4.40. The van der Waals surface area contributed by atoms with E-state index in [2.05, 4.69) is 10.3 Å². The smallest absolute Gasteiger partial charge is 0.180 e. The van der Waals surface area contributed by atoms with Crippen molar-refractivity contribution < 1.29 is 14.2 Å². The van der Waals surface area contributed by atoms with Crippen LogP contribution >= 0.6 is 11.6 Å². The summed E-state index contributed by atoms with van der Waals surface area (Å²) in [6, 6.07) is 7.69. The molecule has 0 aliphatic carbocycles. The molecule has 1 aliphatic rings. The fourth-order valence-electron chi connectivity index (χ4n) is 2.84. The van der Waals surface area contributed by atoms with Crippen molar-refractivity contribution in [2.24, 2.45) is 0 Å². The minimum Gasteiger partial charge on any atom is -0.493 e. The summed E-state index contributed by atoms with van der Waals surface area (Å²) in [7, 11) is 1.62. The first kappa shape index (κ1) is 18.0. The molecule has 2 aromatic rings. The third kappa shape index (κ3) is 5.08. The first-order valence-electron chi connectivity index (χ1n) is 8.46. The van der Waals surface area contributed by atoms with E-state index < -0.39 is 0 Å². The van der Waals surface area contributed by atoms with Gasteiger partial charge in [-0.25, -0.2) is 0 Å². The van der Waals surface area contributed by atoms with Crippen molar-refractivity contribution in [3.8, 4) is 11.5 Å². The number of pyridine rings is 1. The second kappa shape index (κ2) is 9.04. The van der Waals surface area contributed by atoms with Crippen LogP contribution in [0.4, 0.5) is 0 Å².